The Hall–Kier alpha value is -0.980. The Bertz CT molecular complexity index is 144. The zero-order chi connectivity index (χ0) is 8.31. The van der Waals surface area contributed by atoms with Gasteiger partial charge in [-0.3, -0.25) is 0 Å². The molecule has 0 bridgehead atoms. The smallest absolute Gasteiger partial charge is 0.0122 e. The molecule has 0 unspecified atom stereocenters. The highest BCUT2D eigenvalue weighted by atomic mass is 15.1. The van der Waals surface area contributed by atoms with Crippen molar-refractivity contribution in [2.45, 2.75) is 20.8 Å². The van der Waals surface area contributed by atoms with Crippen LogP contribution in [-0.2, 0) is 0 Å². The first-order valence-corrected chi connectivity index (χ1v) is 3.23. The zero-order valence-corrected chi connectivity index (χ0v) is 7.07. The highest BCUT2D eigenvalue weighted by molar-refractivity contribution is 5.13. The third kappa shape index (κ3) is 2.09. The van der Waals surface area contributed by atoms with E-state index in [1.54, 1.807) is 0 Å². The fourth-order valence-corrected chi connectivity index (χ4v) is 0.977. The van der Waals surface area contributed by atoms with Crippen molar-refractivity contribution in [1.82, 2.24) is 4.90 Å². The minimum Gasteiger partial charge on any atom is -0.324 e. The van der Waals surface area contributed by atoms with E-state index in [-0.39, 0.29) is 0 Å². The summed E-state index contributed by atoms with van der Waals surface area (Å²) in [4.78, 5) is 1.92. The lowest BCUT2D eigenvalue weighted by molar-refractivity contribution is 0.537. The number of rotatable bonds is 3. The molecule has 0 aliphatic heterocycles. The predicted molar refractivity (Wildman–Crippen MR) is 46.3 cm³/mol. The maximum absolute atomic E-state index is 3.80. The second-order valence-corrected chi connectivity index (χ2v) is 2.54. The molecule has 0 aromatic rings. The maximum Gasteiger partial charge on any atom is 0.0122 e. The van der Waals surface area contributed by atoms with Gasteiger partial charge in [-0.25, -0.2) is 0 Å². The third-order valence-corrected chi connectivity index (χ3v) is 1.15. The summed E-state index contributed by atoms with van der Waals surface area (Å²) in [5.74, 6) is 0. The number of allylic oxidation sites excluding steroid dienone is 3. The van der Waals surface area contributed by atoms with Gasteiger partial charge in [0.25, 0.3) is 0 Å². The minimum absolute atomic E-state index is 0.958. The first kappa shape index (κ1) is 9.02. The highest BCUT2D eigenvalue weighted by Crippen LogP contribution is 2.14. The van der Waals surface area contributed by atoms with Gasteiger partial charge in [0.2, 0.25) is 0 Å². The summed E-state index contributed by atoms with van der Waals surface area (Å²) in [5.41, 5.74) is 2.88. The molecule has 0 rings (SSSR count). The maximum atomic E-state index is 3.80. The summed E-state index contributed by atoms with van der Waals surface area (Å²) in [6.07, 6.45) is 0. The van der Waals surface area contributed by atoms with Crippen LogP contribution in [0, 0.1) is 0 Å². The van der Waals surface area contributed by atoms with E-state index in [2.05, 4.69) is 19.7 Å². The van der Waals surface area contributed by atoms with Crippen molar-refractivity contribution in [2.75, 3.05) is 0 Å². The molecule has 0 saturated carbocycles. The molecule has 1 nitrogen and oxygen atoms in total. The molecule has 0 heterocycles. The lowest BCUT2D eigenvalue weighted by atomic mass is 10.3. The molecule has 0 saturated heterocycles. The van der Waals surface area contributed by atoms with Crippen molar-refractivity contribution in [1.29, 1.82) is 0 Å². The summed E-state index contributed by atoms with van der Waals surface area (Å²) >= 11 is 0. The van der Waals surface area contributed by atoms with Gasteiger partial charge in [0.1, 0.15) is 0 Å². The van der Waals surface area contributed by atoms with Gasteiger partial charge < -0.3 is 4.90 Å². The van der Waals surface area contributed by atoms with E-state index in [0.717, 1.165) is 17.1 Å². The van der Waals surface area contributed by atoms with Gasteiger partial charge in [-0.1, -0.05) is 19.7 Å². The van der Waals surface area contributed by atoms with E-state index in [9.17, 15) is 0 Å². The average molecular weight is 137 g/mol. The molecule has 56 valence electrons. The molecule has 0 aromatic carbocycles. The Morgan fingerprint density at radius 3 is 1.00 bits per heavy atom. The van der Waals surface area contributed by atoms with E-state index >= 15 is 0 Å². The second-order valence-electron chi connectivity index (χ2n) is 2.54. The predicted octanol–water partition coefficient (Wildman–Crippen LogP) is 2.89. The van der Waals surface area contributed by atoms with Crippen LogP contribution in [0.15, 0.2) is 36.8 Å². The summed E-state index contributed by atoms with van der Waals surface area (Å²) in [6, 6.07) is 0. The number of nitrogens with zero attached hydrogens (tertiary/aromatic N) is 1. The Labute approximate surface area is 63.3 Å². The minimum atomic E-state index is 0.958. The SMILES string of the molecule is C=C(C)N(C(=C)C)C(=C)C. The lowest BCUT2D eigenvalue weighted by Crippen LogP contribution is -2.14. The molecule has 0 atom stereocenters. The van der Waals surface area contributed by atoms with Crippen LogP contribution in [0.3, 0.4) is 0 Å². The largest absolute Gasteiger partial charge is 0.324 e. The van der Waals surface area contributed by atoms with Crippen LogP contribution in [0.5, 0.6) is 0 Å². The van der Waals surface area contributed by atoms with Crippen molar-refractivity contribution < 1.29 is 0 Å². The first-order chi connectivity index (χ1) is 4.46. The van der Waals surface area contributed by atoms with E-state index in [1.165, 1.54) is 0 Å². The topological polar surface area (TPSA) is 3.24 Å². The van der Waals surface area contributed by atoms with Crippen LogP contribution in [0.2, 0.25) is 0 Å². The number of hydrogen-bond acceptors (Lipinski definition) is 1. The fourth-order valence-electron chi connectivity index (χ4n) is 0.977. The van der Waals surface area contributed by atoms with Gasteiger partial charge >= 0.3 is 0 Å². The van der Waals surface area contributed by atoms with Crippen molar-refractivity contribution in [2.24, 2.45) is 0 Å². The first-order valence-electron chi connectivity index (χ1n) is 3.23. The molecular weight excluding hydrogens is 122 g/mol. The Morgan fingerprint density at radius 1 is 0.800 bits per heavy atom. The summed E-state index contributed by atoms with van der Waals surface area (Å²) < 4.78 is 0. The van der Waals surface area contributed by atoms with Gasteiger partial charge in [-0.15, -0.1) is 0 Å². The van der Waals surface area contributed by atoms with Crippen LogP contribution in [0.4, 0.5) is 0 Å². The van der Waals surface area contributed by atoms with Crippen LogP contribution in [0.1, 0.15) is 20.8 Å². The second kappa shape index (κ2) is 3.25. The molecule has 0 spiro atoms. The summed E-state index contributed by atoms with van der Waals surface area (Å²) in [6.45, 7) is 17.2. The van der Waals surface area contributed by atoms with Gasteiger partial charge in [-0.05, 0) is 20.8 Å². The standard InChI is InChI=1S/C9H15N/c1-7(2)10(8(3)4)9(5)6/h1,3,5H2,2,4,6H3. The van der Waals surface area contributed by atoms with Crippen molar-refractivity contribution in [3.8, 4) is 0 Å². The quantitative estimate of drug-likeness (QED) is 0.578. The molecule has 0 aromatic heterocycles. The molecule has 0 aliphatic rings. The van der Waals surface area contributed by atoms with Gasteiger partial charge in [0.05, 0.1) is 0 Å². The van der Waals surface area contributed by atoms with Gasteiger partial charge in [-0.2, -0.15) is 0 Å². The summed E-state index contributed by atoms with van der Waals surface area (Å²) in [7, 11) is 0. The van der Waals surface area contributed by atoms with Crippen LogP contribution >= 0.6 is 0 Å². The molecule has 0 amide bonds. The van der Waals surface area contributed by atoms with Crippen molar-refractivity contribution in [3.05, 3.63) is 36.8 Å². The molecule has 0 aliphatic carbocycles. The zero-order valence-electron chi connectivity index (χ0n) is 7.07. The Balaban J connectivity index is 4.43. The molecule has 0 radical (unpaired) electrons. The van der Waals surface area contributed by atoms with E-state index < -0.39 is 0 Å². The van der Waals surface area contributed by atoms with Crippen LogP contribution in [-0.4, -0.2) is 4.90 Å². The van der Waals surface area contributed by atoms with E-state index in [0.29, 0.717) is 0 Å². The molecule has 1 heteroatoms. The van der Waals surface area contributed by atoms with Crippen molar-refractivity contribution in [3.63, 3.8) is 0 Å². The van der Waals surface area contributed by atoms with E-state index in [4.69, 9.17) is 0 Å². The Morgan fingerprint density at radius 2 is 1.00 bits per heavy atom. The number of hydrogen-bond donors (Lipinski definition) is 0. The molecule has 10 heavy (non-hydrogen) atoms. The van der Waals surface area contributed by atoms with Gasteiger partial charge in [0.15, 0.2) is 0 Å². The monoisotopic (exact) mass is 137 g/mol. The molecule has 0 fully saturated rings. The third-order valence-electron chi connectivity index (χ3n) is 1.15. The fraction of sp³-hybridized carbons (Fsp3) is 0.333. The van der Waals surface area contributed by atoms with Crippen LogP contribution in [0.25, 0.3) is 0 Å². The lowest BCUT2D eigenvalue weighted by Gasteiger charge is -2.24. The highest BCUT2D eigenvalue weighted by Gasteiger charge is 2.02. The molecule has 0 N–H and O–H groups in total. The van der Waals surface area contributed by atoms with Crippen molar-refractivity contribution >= 4 is 0 Å². The molecular formula is C9H15N. The van der Waals surface area contributed by atoms with E-state index in [1.807, 2.05) is 25.7 Å². The van der Waals surface area contributed by atoms with Crippen LogP contribution < -0.4 is 0 Å². The summed E-state index contributed by atoms with van der Waals surface area (Å²) in [5, 5.41) is 0. The normalized spacial score (nSPS) is 8.70. The van der Waals surface area contributed by atoms with Gasteiger partial charge in [0, 0.05) is 17.1 Å². The average Bonchev–Trinajstić information content (AvgIpc) is 1.59. The Kier molecular flexibility index (Phi) is 2.94.